The van der Waals surface area contributed by atoms with Crippen molar-refractivity contribution in [3.8, 4) is 22.3 Å². The van der Waals surface area contributed by atoms with E-state index < -0.39 is 11.9 Å². The number of carboxylic acids is 1. The molecule has 0 aliphatic rings. The second-order valence-electron chi connectivity index (χ2n) is 5.88. The lowest BCUT2D eigenvalue weighted by Gasteiger charge is -2.17. The van der Waals surface area contributed by atoms with Crippen molar-refractivity contribution < 1.29 is 9.90 Å². The van der Waals surface area contributed by atoms with Gasteiger partial charge in [0.2, 0.25) is 0 Å². The maximum Gasteiger partial charge on any atom is 0.306 e. The van der Waals surface area contributed by atoms with E-state index in [9.17, 15) is 9.90 Å². The van der Waals surface area contributed by atoms with Crippen LogP contribution in [-0.4, -0.2) is 26.0 Å². The zero-order valence-corrected chi connectivity index (χ0v) is 13.8. The first-order chi connectivity index (χ1) is 12.1. The van der Waals surface area contributed by atoms with Gasteiger partial charge in [0.05, 0.1) is 5.92 Å². The molecule has 3 N–H and O–H groups in total. The van der Waals surface area contributed by atoms with Crippen molar-refractivity contribution in [2.75, 3.05) is 5.73 Å². The predicted octanol–water partition coefficient (Wildman–Crippen LogP) is 3.05. The molecule has 0 saturated carbocycles. The number of aliphatic carboxylic acids is 1. The van der Waals surface area contributed by atoms with Gasteiger partial charge < -0.3 is 10.8 Å². The second kappa shape index (κ2) is 7.09. The minimum Gasteiger partial charge on any atom is -0.481 e. The molecule has 6 heteroatoms. The zero-order valence-electron chi connectivity index (χ0n) is 13.8. The predicted molar refractivity (Wildman–Crippen MR) is 95.6 cm³/mol. The molecule has 0 radical (unpaired) electrons. The summed E-state index contributed by atoms with van der Waals surface area (Å²) in [7, 11) is 0. The van der Waals surface area contributed by atoms with Crippen LogP contribution in [0.4, 0.5) is 5.82 Å². The number of benzene rings is 1. The highest BCUT2D eigenvalue weighted by Crippen LogP contribution is 2.36. The standard InChI is InChI=1S/C19H18N4O2/c1-12(19(24)25)7-13-3-2-4-16(15-9-21-11-22-10-15)18(13)14-5-6-23-17(20)8-14/h2-6,8-12H,7H2,1H3,(H2,20,23)(H,24,25). The van der Waals surface area contributed by atoms with Crippen LogP contribution in [0.5, 0.6) is 0 Å². The van der Waals surface area contributed by atoms with Crippen LogP contribution in [0.1, 0.15) is 12.5 Å². The maximum atomic E-state index is 11.3. The Morgan fingerprint density at radius 3 is 2.64 bits per heavy atom. The van der Waals surface area contributed by atoms with E-state index in [1.807, 2.05) is 24.3 Å². The summed E-state index contributed by atoms with van der Waals surface area (Å²) in [6, 6.07) is 9.49. The van der Waals surface area contributed by atoms with Gasteiger partial charge in [0.25, 0.3) is 0 Å². The van der Waals surface area contributed by atoms with Gasteiger partial charge in [-0.05, 0) is 40.8 Å². The number of nitrogens with two attached hydrogens (primary N) is 1. The van der Waals surface area contributed by atoms with E-state index in [4.69, 9.17) is 5.73 Å². The smallest absolute Gasteiger partial charge is 0.306 e. The summed E-state index contributed by atoms with van der Waals surface area (Å²) in [5, 5.41) is 9.29. The van der Waals surface area contributed by atoms with Crippen molar-refractivity contribution in [1.82, 2.24) is 15.0 Å². The van der Waals surface area contributed by atoms with Gasteiger partial charge in [-0.2, -0.15) is 0 Å². The number of nitrogen functional groups attached to an aromatic ring is 1. The Balaban J connectivity index is 2.21. The largest absolute Gasteiger partial charge is 0.481 e. The van der Waals surface area contributed by atoms with Gasteiger partial charge in [-0.25, -0.2) is 15.0 Å². The third-order valence-corrected chi connectivity index (χ3v) is 4.04. The molecule has 25 heavy (non-hydrogen) atoms. The molecule has 0 aliphatic carbocycles. The van der Waals surface area contributed by atoms with E-state index in [-0.39, 0.29) is 0 Å². The van der Waals surface area contributed by atoms with Crippen LogP contribution in [0, 0.1) is 5.92 Å². The van der Waals surface area contributed by atoms with Crippen LogP contribution in [0.3, 0.4) is 0 Å². The number of pyridine rings is 1. The molecule has 1 aromatic carbocycles. The molecule has 3 rings (SSSR count). The van der Waals surface area contributed by atoms with Gasteiger partial charge in [0, 0.05) is 24.2 Å². The molecule has 0 spiro atoms. The summed E-state index contributed by atoms with van der Waals surface area (Å²) in [5.74, 6) is -0.914. The number of hydrogen-bond acceptors (Lipinski definition) is 5. The van der Waals surface area contributed by atoms with E-state index >= 15 is 0 Å². The number of aromatic nitrogens is 3. The highest BCUT2D eigenvalue weighted by atomic mass is 16.4. The molecule has 0 fully saturated rings. The number of carboxylic acid groups (broad SMARTS) is 1. The molecule has 0 aliphatic heterocycles. The Labute approximate surface area is 145 Å². The van der Waals surface area contributed by atoms with E-state index in [2.05, 4.69) is 15.0 Å². The van der Waals surface area contributed by atoms with E-state index in [0.717, 1.165) is 27.8 Å². The molecular formula is C19H18N4O2. The molecule has 6 nitrogen and oxygen atoms in total. The van der Waals surface area contributed by atoms with Crippen LogP contribution >= 0.6 is 0 Å². The molecule has 0 saturated heterocycles. The molecule has 3 aromatic rings. The van der Waals surface area contributed by atoms with Gasteiger partial charge in [0.15, 0.2) is 0 Å². The first kappa shape index (κ1) is 16.6. The van der Waals surface area contributed by atoms with Crippen molar-refractivity contribution in [3.05, 3.63) is 60.8 Å². The quantitative estimate of drug-likeness (QED) is 0.743. The Kier molecular flexibility index (Phi) is 4.70. The monoisotopic (exact) mass is 334 g/mol. The number of carbonyl (C=O) groups is 1. The van der Waals surface area contributed by atoms with Crippen molar-refractivity contribution >= 4 is 11.8 Å². The molecular weight excluding hydrogens is 316 g/mol. The molecule has 2 aromatic heterocycles. The summed E-state index contributed by atoms with van der Waals surface area (Å²) in [6.07, 6.45) is 7.01. The Morgan fingerprint density at radius 2 is 1.96 bits per heavy atom. The number of nitrogens with zero attached hydrogens (tertiary/aromatic N) is 3. The van der Waals surface area contributed by atoms with E-state index in [0.29, 0.717) is 12.2 Å². The van der Waals surface area contributed by atoms with Crippen LogP contribution in [0.15, 0.2) is 55.2 Å². The minimum absolute atomic E-state index is 0.411. The van der Waals surface area contributed by atoms with E-state index in [1.54, 1.807) is 31.6 Å². The number of anilines is 1. The fraction of sp³-hybridized carbons (Fsp3) is 0.158. The van der Waals surface area contributed by atoms with Crippen molar-refractivity contribution in [2.24, 2.45) is 5.92 Å². The molecule has 0 bridgehead atoms. The summed E-state index contributed by atoms with van der Waals surface area (Å²) in [4.78, 5) is 23.5. The van der Waals surface area contributed by atoms with Crippen molar-refractivity contribution in [1.29, 1.82) is 0 Å². The molecule has 0 amide bonds. The summed E-state index contributed by atoms with van der Waals surface area (Å²) in [6.45, 7) is 1.70. The molecule has 1 unspecified atom stereocenters. The van der Waals surface area contributed by atoms with Gasteiger partial charge >= 0.3 is 5.97 Å². The van der Waals surface area contributed by atoms with E-state index in [1.165, 1.54) is 6.33 Å². The summed E-state index contributed by atoms with van der Waals surface area (Å²) >= 11 is 0. The molecule has 1 atom stereocenters. The lowest BCUT2D eigenvalue weighted by Crippen LogP contribution is -2.13. The zero-order chi connectivity index (χ0) is 17.8. The second-order valence-corrected chi connectivity index (χ2v) is 5.88. The minimum atomic E-state index is -0.825. The maximum absolute atomic E-state index is 11.3. The van der Waals surface area contributed by atoms with Crippen molar-refractivity contribution in [2.45, 2.75) is 13.3 Å². The van der Waals surface area contributed by atoms with Crippen LogP contribution in [0.25, 0.3) is 22.3 Å². The van der Waals surface area contributed by atoms with Gasteiger partial charge in [-0.1, -0.05) is 25.1 Å². The highest BCUT2D eigenvalue weighted by Gasteiger charge is 2.18. The molecule has 2 heterocycles. The first-order valence-electron chi connectivity index (χ1n) is 7.88. The van der Waals surface area contributed by atoms with Crippen LogP contribution < -0.4 is 5.73 Å². The number of rotatable bonds is 5. The van der Waals surface area contributed by atoms with Gasteiger partial charge in [-0.15, -0.1) is 0 Å². The Morgan fingerprint density at radius 1 is 1.20 bits per heavy atom. The first-order valence-corrected chi connectivity index (χ1v) is 7.88. The average molecular weight is 334 g/mol. The van der Waals surface area contributed by atoms with Gasteiger partial charge in [-0.3, -0.25) is 4.79 Å². The fourth-order valence-electron chi connectivity index (χ4n) is 2.81. The normalized spacial score (nSPS) is 11.9. The highest BCUT2D eigenvalue weighted by molar-refractivity contribution is 5.86. The average Bonchev–Trinajstić information content (AvgIpc) is 2.62. The Bertz CT molecular complexity index is 897. The van der Waals surface area contributed by atoms with Crippen molar-refractivity contribution in [3.63, 3.8) is 0 Å². The Hall–Kier alpha value is -3.28. The molecule has 126 valence electrons. The third kappa shape index (κ3) is 3.63. The number of hydrogen-bond donors (Lipinski definition) is 2. The topological polar surface area (TPSA) is 102 Å². The van der Waals surface area contributed by atoms with Gasteiger partial charge in [0.1, 0.15) is 12.1 Å². The SMILES string of the molecule is CC(Cc1cccc(-c2cncnc2)c1-c1ccnc(N)c1)C(=O)O. The van der Waals surface area contributed by atoms with Crippen LogP contribution in [-0.2, 0) is 11.2 Å². The third-order valence-electron chi connectivity index (χ3n) is 4.04. The lowest BCUT2D eigenvalue weighted by molar-refractivity contribution is -0.141. The summed E-state index contributed by atoms with van der Waals surface area (Å²) in [5.41, 5.74) is 10.4. The lowest BCUT2D eigenvalue weighted by atomic mass is 9.88. The fourth-order valence-corrected chi connectivity index (χ4v) is 2.81. The summed E-state index contributed by atoms with van der Waals surface area (Å²) < 4.78 is 0. The van der Waals surface area contributed by atoms with Crippen LogP contribution in [0.2, 0.25) is 0 Å².